The minimum absolute atomic E-state index is 0.115. The van der Waals surface area contributed by atoms with E-state index in [1.807, 2.05) is 17.0 Å². The van der Waals surface area contributed by atoms with Crippen LogP contribution in [0, 0.1) is 11.8 Å². The highest BCUT2D eigenvalue weighted by Crippen LogP contribution is 2.31. The fourth-order valence-corrected chi connectivity index (χ4v) is 4.30. The number of hydrogen-bond acceptors (Lipinski definition) is 2. The first kappa shape index (κ1) is 19.9. The van der Waals surface area contributed by atoms with Crippen molar-refractivity contribution >= 4 is 23.2 Å². The van der Waals surface area contributed by atoms with Gasteiger partial charge in [-0.3, -0.25) is 9.59 Å². The lowest BCUT2D eigenvalue weighted by molar-refractivity contribution is -0.119. The highest BCUT2D eigenvalue weighted by Gasteiger charge is 2.24. The summed E-state index contributed by atoms with van der Waals surface area (Å²) in [6, 6.07) is 6.00. The summed E-state index contributed by atoms with van der Waals surface area (Å²) in [4.78, 5) is 26.6. The lowest BCUT2D eigenvalue weighted by Gasteiger charge is -2.30. The van der Waals surface area contributed by atoms with E-state index in [1.54, 1.807) is 0 Å². The van der Waals surface area contributed by atoms with Crippen molar-refractivity contribution in [2.75, 3.05) is 16.8 Å². The zero-order valence-corrected chi connectivity index (χ0v) is 16.9. The standard InChI is InChI=1S/C23H34N2O2/c1-17(2)14-15-25-21-11-10-20(16-19(21)9-13-23(25)27)24-22(26)12-8-18-6-4-3-5-7-18/h10-11,16-18H,3-9,12-15H2,1-2H3,(H,24,26). The summed E-state index contributed by atoms with van der Waals surface area (Å²) in [6.07, 6.45) is 10.5. The van der Waals surface area contributed by atoms with Crippen LogP contribution in [0.3, 0.4) is 0 Å². The molecule has 0 spiro atoms. The third-order valence-electron chi connectivity index (χ3n) is 6.00. The van der Waals surface area contributed by atoms with E-state index in [1.165, 1.54) is 37.7 Å². The largest absolute Gasteiger partial charge is 0.326 e. The second-order valence-corrected chi connectivity index (χ2v) is 8.66. The van der Waals surface area contributed by atoms with Crippen molar-refractivity contribution in [1.82, 2.24) is 0 Å². The molecule has 0 atom stereocenters. The SMILES string of the molecule is CC(C)CCN1C(=O)CCc2cc(NC(=O)CCC3CCCCC3)ccc21. The van der Waals surface area contributed by atoms with E-state index in [9.17, 15) is 9.59 Å². The number of carbonyl (C=O) groups is 2. The summed E-state index contributed by atoms with van der Waals surface area (Å²) in [7, 11) is 0. The molecule has 1 heterocycles. The first-order chi connectivity index (χ1) is 13.0. The predicted octanol–water partition coefficient (Wildman–Crippen LogP) is 5.31. The smallest absolute Gasteiger partial charge is 0.227 e. The van der Waals surface area contributed by atoms with Gasteiger partial charge < -0.3 is 10.2 Å². The van der Waals surface area contributed by atoms with Gasteiger partial charge in [-0.05, 0) is 54.9 Å². The van der Waals surface area contributed by atoms with Gasteiger partial charge in [0.25, 0.3) is 0 Å². The molecule has 148 valence electrons. The van der Waals surface area contributed by atoms with E-state index in [2.05, 4.69) is 25.2 Å². The molecule has 4 heteroatoms. The van der Waals surface area contributed by atoms with E-state index < -0.39 is 0 Å². The molecule has 1 aromatic rings. The second kappa shape index (κ2) is 9.38. The Hall–Kier alpha value is -1.84. The molecule has 1 aliphatic heterocycles. The maximum Gasteiger partial charge on any atom is 0.227 e. The molecule has 27 heavy (non-hydrogen) atoms. The topological polar surface area (TPSA) is 49.4 Å². The summed E-state index contributed by atoms with van der Waals surface area (Å²) in [5.41, 5.74) is 3.05. The van der Waals surface area contributed by atoms with Crippen molar-refractivity contribution in [1.29, 1.82) is 0 Å². The van der Waals surface area contributed by atoms with Crippen LogP contribution >= 0.6 is 0 Å². The van der Waals surface area contributed by atoms with Crippen LogP contribution in [0.2, 0.25) is 0 Å². The van der Waals surface area contributed by atoms with Crippen LogP contribution in [0.1, 0.15) is 77.2 Å². The van der Waals surface area contributed by atoms with Gasteiger partial charge in [0, 0.05) is 30.8 Å². The molecular formula is C23H34N2O2. The first-order valence-corrected chi connectivity index (χ1v) is 10.8. The summed E-state index contributed by atoms with van der Waals surface area (Å²) in [5.74, 6) is 1.64. The molecular weight excluding hydrogens is 336 g/mol. The number of nitrogens with one attached hydrogen (secondary N) is 1. The zero-order valence-electron chi connectivity index (χ0n) is 16.9. The molecule has 1 aliphatic carbocycles. The Labute approximate surface area is 163 Å². The van der Waals surface area contributed by atoms with Gasteiger partial charge in [-0.1, -0.05) is 46.0 Å². The van der Waals surface area contributed by atoms with Crippen LogP contribution in [0.15, 0.2) is 18.2 Å². The number of anilines is 2. The van der Waals surface area contributed by atoms with Crippen molar-refractivity contribution < 1.29 is 9.59 Å². The molecule has 1 saturated carbocycles. The molecule has 4 nitrogen and oxygen atoms in total. The molecule has 0 saturated heterocycles. The van der Waals surface area contributed by atoms with E-state index >= 15 is 0 Å². The first-order valence-electron chi connectivity index (χ1n) is 10.8. The average Bonchev–Trinajstić information content (AvgIpc) is 2.66. The number of fused-ring (bicyclic) bond motifs is 1. The Morgan fingerprint density at radius 1 is 1.19 bits per heavy atom. The van der Waals surface area contributed by atoms with E-state index in [-0.39, 0.29) is 11.8 Å². The maximum atomic E-state index is 12.3. The highest BCUT2D eigenvalue weighted by atomic mass is 16.2. The summed E-state index contributed by atoms with van der Waals surface area (Å²) in [6.45, 7) is 5.14. The molecule has 2 aliphatic rings. The molecule has 2 amide bonds. The molecule has 0 radical (unpaired) electrons. The average molecular weight is 371 g/mol. The van der Waals surface area contributed by atoms with Gasteiger partial charge in [-0.25, -0.2) is 0 Å². The van der Waals surface area contributed by atoms with Crippen LogP contribution in [0.5, 0.6) is 0 Å². The van der Waals surface area contributed by atoms with Crippen LogP contribution in [0.25, 0.3) is 0 Å². The Kier molecular flexibility index (Phi) is 6.92. The van der Waals surface area contributed by atoms with E-state index in [0.717, 1.165) is 43.1 Å². The summed E-state index contributed by atoms with van der Waals surface area (Å²) < 4.78 is 0. The number of carbonyl (C=O) groups excluding carboxylic acids is 2. The van der Waals surface area contributed by atoms with Crippen molar-refractivity contribution in [2.24, 2.45) is 11.8 Å². The number of amides is 2. The Morgan fingerprint density at radius 3 is 2.70 bits per heavy atom. The van der Waals surface area contributed by atoms with Crippen LogP contribution in [-0.4, -0.2) is 18.4 Å². The molecule has 0 aromatic heterocycles. The second-order valence-electron chi connectivity index (χ2n) is 8.66. The Bertz CT molecular complexity index is 662. The summed E-state index contributed by atoms with van der Waals surface area (Å²) >= 11 is 0. The quantitative estimate of drug-likeness (QED) is 0.707. The third-order valence-corrected chi connectivity index (χ3v) is 6.00. The molecule has 0 bridgehead atoms. The van der Waals surface area contributed by atoms with Crippen molar-refractivity contribution in [3.05, 3.63) is 23.8 Å². The number of hydrogen-bond donors (Lipinski definition) is 1. The van der Waals surface area contributed by atoms with Crippen LogP contribution < -0.4 is 10.2 Å². The highest BCUT2D eigenvalue weighted by molar-refractivity contribution is 5.97. The lowest BCUT2D eigenvalue weighted by Crippen LogP contribution is -2.36. The number of benzene rings is 1. The minimum atomic E-state index is 0.115. The minimum Gasteiger partial charge on any atom is -0.326 e. The van der Waals surface area contributed by atoms with Gasteiger partial charge in [0.05, 0.1) is 0 Å². The fraction of sp³-hybridized carbons (Fsp3) is 0.652. The zero-order chi connectivity index (χ0) is 19.2. The van der Waals surface area contributed by atoms with E-state index in [0.29, 0.717) is 18.8 Å². The van der Waals surface area contributed by atoms with Crippen molar-refractivity contribution in [3.63, 3.8) is 0 Å². The monoisotopic (exact) mass is 370 g/mol. The van der Waals surface area contributed by atoms with Gasteiger partial charge in [0.1, 0.15) is 0 Å². The van der Waals surface area contributed by atoms with Crippen LogP contribution in [-0.2, 0) is 16.0 Å². The van der Waals surface area contributed by atoms with Crippen LogP contribution in [0.4, 0.5) is 11.4 Å². The Balaban J connectivity index is 1.58. The molecule has 1 N–H and O–H groups in total. The molecule has 1 fully saturated rings. The van der Waals surface area contributed by atoms with E-state index in [4.69, 9.17) is 0 Å². The van der Waals surface area contributed by atoms with Crippen molar-refractivity contribution in [3.8, 4) is 0 Å². The van der Waals surface area contributed by atoms with Gasteiger partial charge in [0.2, 0.25) is 11.8 Å². The van der Waals surface area contributed by atoms with Gasteiger partial charge in [-0.15, -0.1) is 0 Å². The molecule has 3 rings (SSSR count). The van der Waals surface area contributed by atoms with Gasteiger partial charge in [-0.2, -0.15) is 0 Å². The lowest BCUT2D eigenvalue weighted by atomic mass is 9.86. The predicted molar refractivity (Wildman–Crippen MR) is 111 cm³/mol. The number of nitrogens with zero attached hydrogens (tertiary/aromatic N) is 1. The number of rotatable bonds is 7. The molecule has 0 unspecified atom stereocenters. The fourth-order valence-electron chi connectivity index (χ4n) is 4.30. The molecule has 1 aromatic carbocycles. The number of aryl methyl sites for hydroxylation is 1. The normalized spacial score (nSPS) is 17.9. The van der Waals surface area contributed by atoms with Gasteiger partial charge >= 0.3 is 0 Å². The van der Waals surface area contributed by atoms with Gasteiger partial charge in [0.15, 0.2) is 0 Å². The van der Waals surface area contributed by atoms with Crippen molar-refractivity contribution in [2.45, 2.75) is 78.1 Å². The third kappa shape index (κ3) is 5.57. The Morgan fingerprint density at radius 2 is 1.96 bits per heavy atom. The maximum absolute atomic E-state index is 12.3. The summed E-state index contributed by atoms with van der Waals surface area (Å²) in [5, 5.41) is 3.07.